The first-order chi connectivity index (χ1) is 10.0. The minimum atomic E-state index is -0.618. The fourth-order valence-electron chi connectivity index (χ4n) is 1.54. The molecule has 21 heavy (non-hydrogen) atoms. The Morgan fingerprint density at radius 3 is 2.57 bits per heavy atom. The molecule has 2 aromatic rings. The number of hydrogen-bond acceptors (Lipinski definition) is 5. The smallest absolute Gasteiger partial charge is 0.373 e. The Balaban J connectivity index is 2.01. The van der Waals surface area contributed by atoms with E-state index in [1.165, 1.54) is 37.4 Å². The summed E-state index contributed by atoms with van der Waals surface area (Å²) in [6.07, 6.45) is 0. The summed E-state index contributed by atoms with van der Waals surface area (Å²) in [6, 6.07) is 7.40. The molecule has 110 valence electrons. The van der Waals surface area contributed by atoms with Crippen LogP contribution in [0.25, 0.3) is 0 Å². The molecule has 0 spiro atoms. The molecule has 0 atom stereocenters. The first-order valence-electron chi connectivity index (χ1n) is 5.80. The van der Waals surface area contributed by atoms with Gasteiger partial charge >= 0.3 is 11.9 Å². The van der Waals surface area contributed by atoms with Crippen LogP contribution in [0.15, 0.2) is 34.7 Å². The second-order valence-electron chi connectivity index (χ2n) is 3.96. The molecule has 0 radical (unpaired) electrons. The van der Waals surface area contributed by atoms with Gasteiger partial charge in [0.1, 0.15) is 12.4 Å². The Labute approximate surface area is 130 Å². The van der Waals surface area contributed by atoms with Crippen LogP contribution in [0.1, 0.15) is 26.7 Å². The van der Waals surface area contributed by atoms with E-state index in [2.05, 4.69) is 4.74 Å². The Hall–Kier alpha value is -1.98. The number of carbonyl (C=O) groups excluding carboxylic acids is 2. The number of halogens is 2. The zero-order valence-corrected chi connectivity index (χ0v) is 12.4. The maximum absolute atomic E-state index is 11.9. The van der Waals surface area contributed by atoms with Gasteiger partial charge in [-0.2, -0.15) is 0 Å². The van der Waals surface area contributed by atoms with Crippen molar-refractivity contribution in [2.24, 2.45) is 0 Å². The number of benzene rings is 1. The topological polar surface area (TPSA) is 65.7 Å². The van der Waals surface area contributed by atoms with Gasteiger partial charge in [0.2, 0.25) is 5.76 Å². The number of rotatable bonds is 4. The maximum atomic E-state index is 11.9. The molecule has 7 heteroatoms. The van der Waals surface area contributed by atoms with Crippen LogP contribution in [0.4, 0.5) is 0 Å². The van der Waals surface area contributed by atoms with Crippen molar-refractivity contribution in [1.29, 1.82) is 0 Å². The predicted molar refractivity (Wildman–Crippen MR) is 75.6 cm³/mol. The van der Waals surface area contributed by atoms with Crippen molar-refractivity contribution in [2.75, 3.05) is 7.11 Å². The fraction of sp³-hybridized carbons (Fsp3) is 0.143. The van der Waals surface area contributed by atoms with Gasteiger partial charge in [-0.3, -0.25) is 0 Å². The molecule has 0 saturated carbocycles. The number of furan rings is 1. The van der Waals surface area contributed by atoms with Crippen LogP contribution >= 0.6 is 23.2 Å². The second-order valence-corrected chi connectivity index (χ2v) is 4.80. The van der Waals surface area contributed by atoms with E-state index >= 15 is 0 Å². The number of esters is 2. The lowest BCUT2D eigenvalue weighted by atomic mass is 10.2. The molecule has 2 rings (SSSR count). The third-order valence-corrected chi connectivity index (χ3v) is 3.09. The molecule has 1 aromatic carbocycles. The highest BCUT2D eigenvalue weighted by atomic mass is 35.5. The van der Waals surface area contributed by atoms with Gasteiger partial charge < -0.3 is 13.9 Å². The summed E-state index contributed by atoms with van der Waals surface area (Å²) in [7, 11) is 1.24. The summed E-state index contributed by atoms with van der Waals surface area (Å²) < 4.78 is 14.7. The molecule has 1 heterocycles. The van der Waals surface area contributed by atoms with Crippen LogP contribution in [0.5, 0.6) is 0 Å². The first-order valence-corrected chi connectivity index (χ1v) is 6.56. The average Bonchev–Trinajstić information content (AvgIpc) is 2.92. The van der Waals surface area contributed by atoms with Gasteiger partial charge in [-0.25, -0.2) is 9.59 Å². The third kappa shape index (κ3) is 3.77. The summed E-state index contributed by atoms with van der Waals surface area (Å²) in [5, 5.41) is 0.618. The molecule has 0 aliphatic carbocycles. The van der Waals surface area contributed by atoms with Crippen LogP contribution in [0.2, 0.25) is 10.0 Å². The monoisotopic (exact) mass is 328 g/mol. The van der Waals surface area contributed by atoms with Gasteiger partial charge in [0.25, 0.3) is 0 Å². The minimum Gasteiger partial charge on any atom is -0.463 e. The van der Waals surface area contributed by atoms with E-state index in [0.29, 0.717) is 10.8 Å². The number of carbonyl (C=O) groups is 2. The van der Waals surface area contributed by atoms with Crippen molar-refractivity contribution in [1.82, 2.24) is 0 Å². The van der Waals surface area contributed by atoms with E-state index in [1.54, 1.807) is 0 Å². The Bertz CT molecular complexity index is 678. The normalized spacial score (nSPS) is 10.2. The molecule has 0 amide bonds. The lowest BCUT2D eigenvalue weighted by Crippen LogP contribution is -2.05. The Kier molecular flexibility index (Phi) is 4.88. The van der Waals surface area contributed by atoms with Crippen molar-refractivity contribution in [3.63, 3.8) is 0 Å². The molecule has 0 aliphatic rings. The highest BCUT2D eigenvalue weighted by molar-refractivity contribution is 6.36. The second kappa shape index (κ2) is 6.65. The summed E-state index contributed by atoms with van der Waals surface area (Å²) in [6.45, 7) is -0.130. The van der Waals surface area contributed by atoms with Crippen molar-refractivity contribution in [3.05, 3.63) is 57.5 Å². The molecule has 0 N–H and O–H groups in total. The van der Waals surface area contributed by atoms with Gasteiger partial charge in [-0.1, -0.05) is 23.2 Å². The van der Waals surface area contributed by atoms with Crippen LogP contribution in [-0.2, 0) is 16.1 Å². The van der Waals surface area contributed by atoms with Crippen LogP contribution in [0, 0.1) is 0 Å². The SMILES string of the molecule is COC(=O)c1ccc(COC(=O)c2ccc(Cl)cc2Cl)o1. The van der Waals surface area contributed by atoms with E-state index in [1.807, 2.05) is 0 Å². The Morgan fingerprint density at radius 1 is 1.14 bits per heavy atom. The molecule has 1 aromatic heterocycles. The highest BCUT2D eigenvalue weighted by Crippen LogP contribution is 2.22. The molecule has 0 bridgehead atoms. The predicted octanol–water partition coefficient (Wildman–Crippen LogP) is 3.73. The molecule has 5 nitrogen and oxygen atoms in total. The molecule has 0 aliphatic heterocycles. The highest BCUT2D eigenvalue weighted by Gasteiger charge is 2.15. The van der Waals surface area contributed by atoms with E-state index in [9.17, 15) is 9.59 Å². The summed E-state index contributed by atoms with van der Waals surface area (Å²) >= 11 is 11.6. The van der Waals surface area contributed by atoms with Crippen molar-refractivity contribution >= 4 is 35.1 Å². The quantitative estimate of drug-likeness (QED) is 0.800. The summed E-state index contributed by atoms with van der Waals surface area (Å²) in [4.78, 5) is 23.1. The Morgan fingerprint density at radius 2 is 1.90 bits per heavy atom. The summed E-state index contributed by atoms with van der Waals surface area (Å²) in [5.74, 6) is -0.872. The largest absolute Gasteiger partial charge is 0.463 e. The van der Waals surface area contributed by atoms with E-state index in [-0.39, 0.29) is 23.0 Å². The number of ether oxygens (including phenoxy) is 2. The third-order valence-electron chi connectivity index (χ3n) is 2.54. The van der Waals surface area contributed by atoms with E-state index in [4.69, 9.17) is 32.4 Å². The van der Waals surface area contributed by atoms with Gasteiger partial charge in [-0.15, -0.1) is 0 Å². The van der Waals surface area contributed by atoms with Gasteiger partial charge in [0.15, 0.2) is 0 Å². The molecular weight excluding hydrogens is 319 g/mol. The molecule has 0 saturated heterocycles. The average molecular weight is 329 g/mol. The van der Waals surface area contributed by atoms with E-state index in [0.717, 1.165) is 0 Å². The van der Waals surface area contributed by atoms with Crippen LogP contribution in [-0.4, -0.2) is 19.0 Å². The molecule has 0 fully saturated rings. The lowest BCUT2D eigenvalue weighted by molar-refractivity contribution is 0.0438. The maximum Gasteiger partial charge on any atom is 0.373 e. The van der Waals surface area contributed by atoms with Gasteiger partial charge in [0.05, 0.1) is 17.7 Å². The molecule has 0 unspecified atom stereocenters. The van der Waals surface area contributed by atoms with Crippen molar-refractivity contribution < 1.29 is 23.5 Å². The van der Waals surface area contributed by atoms with Gasteiger partial charge in [0, 0.05) is 5.02 Å². The summed E-state index contributed by atoms with van der Waals surface area (Å²) in [5.41, 5.74) is 0.195. The fourth-order valence-corrected chi connectivity index (χ4v) is 2.02. The van der Waals surface area contributed by atoms with Crippen LogP contribution in [0.3, 0.4) is 0 Å². The lowest BCUT2D eigenvalue weighted by Gasteiger charge is -2.05. The first kappa shape index (κ1) is 15.4. The standard InChI is InChI=1S/C14H10Cl2O5/c1-19-14(18)12-5-3-9(21-12)7-20-13(17)10-4-2-8(15)6-11(10)16/h2-6H,7H2,1H3. The van der Waals surface area contributed by atoms with Crippen molar-refractivity contribution in [2.45, 2.75) is 6.61 Å². The zero-order valence-electron chi connectivity index (χ0n) is 10.9. The zero-order chi connectivity index (χ0) is 15.4. The van der Waals surface area contributed by atoms with E-state index < -0.39 is 11.9 Å². The van der Waals surface area contributed by atoms with Gasteiger partial charge in [-0.05, 0) is 30.3 Å². The minimum absolute atomic E-state index is 0.0353. The van der Waals surface area contributed by atoms with Crippen LogP contribution < -0.4 is 0 Å². The molecular formula is C14H10Cl2O5. The van der Waals surface area contributed by atoms with Crippen molar-refractivity contribution in [3.8, 4) is 0 Å². The number of methoxy groups -OCH3 is 1. The number of hydrogen-bond donors (Lipinski definition) is 0.